The van der Waals surface area contributed by atoms with E-state index >= 15 is 0 Å². The number of hydrogen-bond acceptors (Lipinski definition) is 4. The number of carbonyl (C=O) groups excluding carboxylic acids is 1. The van der Waals surface area contributed by atoms with Crippen LogP contribution in [-0.2, 0) is 0 Å². The monoisotopic (exact) mass is 369 g/mol. The molecule has 5 heteroatoms. The van der Waals surface area contributed by atoms with Crippen molar-refractivity contribution in [2.75, 3.05) is 26.8 Å². The van der Waals surface area contributed by atoms with Crippen molar-refractivity contribution < 1.29 is 19.4 Å². The average molecular weight is 369 g/mol. The Morgan fingerprint density at radius 3 is 2.70 bits per heavy atom. The zero-order valence-corrected chi connectivity index (χ0v) is 16.2. The topological polar surface area (TPSA) is 59.0 Å². The van der Waals surface area contributed by atoms with Crippen molar-refractivity contribution in [1.29, 1.82) is 0 Å². The van der Waals surface area contributed by atoms with Gasteiger partial charge in [-0.2, -0.15) is 0 Å². The van der Waals surface area contributed by atoms with Crippen LogP contribution in [0.15, 0.2) is 42.5 Å². The third kappa shape index (κ3) is 4.42. The molecule has 2 aromatic rings. The van der Waals surface area contributed by atoms with Gasteiger partial charge in [-0.3, -0.25) is 4.79 Å². The number of nitrogens with zero attached hydrogens (tertiary/aromatic N) is 1. The lowest BCUT2D eigenvalue weighted by Gasteiger charge is -2.39. The standard InChI is InChI=1S/C22H27NO4/c1-16-9-10-18(13-17(16)2)27-15-22(25)11-6-12-23(14-22)21(24)19-7-4-5-8-20(19)26-3/h4-5,7-10,13,25H,6,11-12,14-15H2,1-3H3. The molecule has 3 rings (SSSR count). The van der Waals surface area contributed by atoms with Gasteiger partial charge in [0.2, 0.25) is 0 Å². The third-order valence-corrected chi connectivity index (χ3v) is 5.17. The van der Waals surface area contributed by atoms with Gasteiger partial charge < -0.3 is 19.5 Å². The molecule has 0 aliphatic carbocycles. The smallest absolute Gasteiger partial charge is 0.257 e. The minimum atomic E-state index is -1.06. The van der Waals surface area contributed by atoms with E-state index in [1.807, 2.05) is 37.3 Å². The summed E-state index contributed by atoms with van der Waals surface area (Å²) >= 11 is 0. The molecule has 1 aliphatic rings. The van der Waals surface area contributed by atoms with Crippen molar-refractivity contribution in [3.05, 3.63) is 59.2 Å². The second-order valence-electron chi connectivity index (χ2n) is 7.29. The van der Waals surface area contributed by atoms with Crippen molar-refractivity contribution in [3.8, 4) is 11.5 Å². The van der Waals surface area contributed by atoms with Crippen LogP contribution in [0.5, 0.6) is 11.5 Å². The predicted molar refractivity (Wildman–Crippen MR) is 104 cm³/mol. The van der Waals surface area contributed by atoms with Crippen molar-refractivity contribution in [1.82, 2.24) is 4.90 Å². The Labute approximate surface area is 160 Å². The van der Waals surface area contributed by atoms with Gasteiger partial charge in [0.1, 0.15) is 23.7 Å². The number of carbonyl (C=O) groups is 1. The molecular formula is C22H27NO4. The molecule has 0 bridgehead atoms. The van der Waals surface area contributed by atoms with E-state index in [4.69, 9.17) is 9.47 Å². The van der Waals surface area contributed by atoms with Gasteiger partial charge in [-0.15, -0.1) is 0 Å². The summed E-state index contributed by atoms with van der Waals surface area (Å²) in [5, 5.41) is 11.0. The van der Waals surface area contributed by atoms with E-state index in [0.29, 0.717) is 24.3 Å². The third-order valence-electron chi connectivity index (χ3n) is 5.17. The number of β-amino-alcohol motifs (C(OH)–C–C–N with tert-alkyl or cyclic N) is 1. The van der Waals surface area contributed by atoms with Gasteiger partial charge in [0.05, 0.1) is 19.2 Å². The van der Waals surface area contributed by atoms with E-state index in [-0.39, 0.29) is 19.1 Å². The number of amides is 1. The molecular weight excluding hydrogens is 342 g/mol. The van der Waals surface area contributed by atoms with Crippen LogP contribution in [-0.4, -0.2) is 48.3 Å². The van der Waals surface area contributed by atoms with E-state index < -0.39 is 5.60 Å². The number of rotatable bonds is 5. The number of aryl methyl sites for hydroxylation is 2. The summed E-state index contributed by atoms with van der Waals surface area (Å²) < 4.78 is 11.2. The highest BCUT2D eigenvalue weighted by atomic mass is 16.5. The first kappa shape index (κ1) is 19.2. The molecule has 27 heavy (non-hydrogen) atoms. The van der Waals surface area contributed by atoms with Gasteiger partial charge in [0, 0.05) is 6.54 Å². The number of methoxy groups -OCH3 is 1. The molecule has 1 atom stereocenters. The Bertz CT molecular complexity index is 820. The summed E-state index contributed by atoms with van der Waals surface area (Å²) in [4.78, 5) is 14.6. The molecule has 0 aromatic heterocycles. The van der Waals surface area contributed by atoms with Crippen LogP contribution in [0.25, 0.3) is 0 Å². The van der Waals surface area contributed by atoms with Crippen LogP contribution in [0, 0.1) is 13.8 Å². The summed E-state index contributed by atoms with van der Waals surface area (Å²) in [6, 6.07) is 13.1. The summed E-state index contributed by atoms with van der Waals surface area (Å²) in [5.41, 5.74) is 1.80. The highest BCUT2D eigenvalue weighted by Gasteiger charge is 2.37. The number of piperidine rings is 1. The lowest BCUT2D eigenvalue weighted by molar-refractivity contribution is -0.0532. The molecule has 1 heterocycles. The first-order chi connectivity index (χ1) is 12.9. The summed E-state index contributed by atoms with van der Waals surface area (Å²) in [6.45, 7) is 5.10. The van der Waals surface area contributed by atoms with E-state index in [2.05, 4.69) is 6.92 Å². The SMILES string of the molecule is COc1ccccc1C(=O)N1CCCC(O)(COc2ccc(C)c(C)c2)C1. The molecule has 0 radical (unpaired) electrons. The van der Waals surface area contributed by atoms with Crippen LogP contribution >= 0.6 is 0 Å². The van der Waals surface area contributed by atoms with Crippen molar-refractivity contribution in [2.45, 2.75) is 32.3 Å². The molecule has 0 spiro atoms. The first-order valence-electron chi connectivity index (χ1n) is 9.27. The maximum atomic E-state index is 12.9. The molecule has 0 saturated carbocycles. The maximum Gasteiger partial charge on any atom is 0.257 e. The largest absolute Gasteiger partial charge is 0.496 e. The Morgan fingerprint density at radius 1 is 1.19 bits per heavy atom. The normalized spacial score (nSPS) is 19.6. The van der Waals surface area contributed by atoms with Crippen LogP contribution in [0.1, 0.15) is 34.3 Å². The number of aliphatic hydroxyl groups is 1. The first-order valence-corrected chi connectivity index (χ1v) is 9.27. The number of ether oxygens (including phenoxy) is 2. The minimum Gasteiger partial charge on any atom is -0.496 e. The van der Waals surface area contributed by atoms with Crippen LogP contribution in [0.4, 0.5) is 0 Å². The van der Waals surface area contributed by atoms with Crippen molar-refractivity contribution in [2.24, 2.45) is 0 Å². The zero-order valence-electron chi connectivity index (χ0n) is 16.2. The predicted octanol–water partition coefficient (Wildman–Crippen LogP) is 3.36. The fraction of sp³-hybridized carbons (Fsp3) is 0.409. The van der Waals surface area contributed by atoms with E-state index in [0.717, 1.165) is 17.7 Å². The second-order valence-corrected chi connectivity index (χ2v) is 7.29. The summed E-state index contributed by atoms with van der Waals surface area (Å²) in [6.07, 6.45) is 1.33. The molecule has 1 amide bonds. The van der Waals surface area contributed by atoms with E-state index in [1.54, 1.807) is 24.1 Å². The molecule has 1 N–H and O–H groups in total. The Hall–Kier alpha value is -2.53. The fourth-order valence-corrected chi connectivity index (χ4v) is 3.42. The molecule has 1 saturated heterocycles. The van der Waals surface area contributed by atoms with Crippen LogP contribution < -0.4 is 9.47 Å². The van der Waals surface area contributed by atoms with Crippen molar-refractivity contribution >= 4 is 5.91 Å². The van der Waals surface area contributed by atoms with Gasteiger partial charge >= 0.3 is 0 Å². The fourth-order valence-electron chi connectivity index (χ4n) is 3.42. The minimum absolute atomic E-state index is 0.128. The average Bonchev–Trinajstić information content (AvgIpc) is 2.68. The van der Waals surface area contributed by atoms with Gasteiger partial charge in [-0.25, -0.2) is 0 Å². The highest BCUT2D eigenvalue weighted by Crippen LogP contribution is 2.27. The Morgan fingerprint density at radius 2 is 1.96 bits per heavy atom. The second kappa shape index (κ2) is 8.01. The Balaban J connectivity index is 1.68. The van der Waals surface area contributed by atoms with Gasteiger partial charge in [0.25, 0.3) is 5.91 Å². The molecule has 1 fully saturated rings. The zero-order chi connectivity index (χ0) is 19.4. The van der Waals surface area contributed by atoms with E-state index in [9.17, 15) is 9.90 Å². The lowest BCUT2D eigenvalue weighted by atomic mass is 9.93. The maximum absolute atomic E-state index is 12.9. The van der Waals surface area contributed by atoms with E-state index in [1.165, 1.54) is 5.56 Å². The molecule has 144 valence electrons. The quantitative estimate of drug-likeness (QED) is 0.878. The molecule has 1 unspecified atom stereocenters. The van der Waals surface area contributed by atoms with Crippen molar-refractivity contribution in [3.63, 3.8) is 0 Å². The Kier molecular flexibility index (Phi) is 5.71. The number of para-hydroxylation sites is 1. The number of likely N-dealkylation sites (tertiary alicyclic amines) is 1. The van der Waals surface area contributed by atoms with Gasteiger partial charge in [0.15, 0.2) is 0 Å². The van der Waals surface area contributed by atoms with Gasteiger partial charge in [-0.05, 0) is 62.1 Å². The van der Waals surface area contributed by atoms with Crippen LogP contribution in [0.2, 0.25) is 0 Å². The highest BCUT2D eigenvalue weighted by molar-refractivity contribution is 5.97. The summed E-state index contributed by atoms with van der Waals surface area (Å²) in [7, 11) is 1.55. The number of hydrogen-bond donors (Lipinski definition) is 1. The van der Waals surface area contributed by atoms with Crippen LogP contribution in [0.3, 0.4) is 0 Å². The summed E-state index contributed by atoms with van der Waals surface area (Å²) in [5.74, 6) is 1.15. The van der Waals surface area contributed by atoms with Gasteiger partial charge in [-0.1, -0.05) is 18.2 Å². The lowest BCUT2D eigenvalue weighted by Crippen LogP contribution is -2.53. The molecule has 5 nitrogen and oxygen atoms in total. The number of benzene rings is 2. The molecule has 2 aromatic carbocycles. The molecule has 1 aliphatic heterocycles.